The van der Waals surface area contributed by atoms with Gasteiger partial charge in [-0.3, -0.25) is 14.6 Å². The number of hydrogen-bond acceptors (Lipinski definition) is 6. The van der Waals surface area contributed by atoms with Crippen LogP contribution in [0.2, 0.25) is 5.02 Å². The Kier molecular flexibility index (Phi) is 13.4. The van der Waals surface area contributed by atoms with Crippen molar-refractivity contribution in [2.75, 3.05) is 45.7 Å². The minimum absolute atomic E-state index is 0.0996. The van der Waals surface area contributed by atoms with E-state index < -0.39 is 0 Å². The first-order valence-electron chi connectivity index (χ1n) is 13.0. The monoisotopic (exact) mass is 554 g/mol. The molecule has 0 saturated carbocycles. The molecule has 1 aliphatic rings. The van der Waals surface area contributed by atoms with E-state index in [1.54, 1.807) is 47.6 Å². The van der Waals surface area contributed by atoms with E-state index in [-0.39, 0.29) is 30.9 Å². The molecular weight excluding hydrogens is 516 g/mol. The Bertz CT molecular complexity index is 1170. The third-order valence-electron chi connectivity index (χ3n) is 5.55. The Hall–Kier alpha value is -3.46. The summed E-state index contributed by atoms with van der Waals surface area (Å²) in [6.07, 6.45) is 3.08. The number of nitrogens with one attached hydrogen (secondary N) is 1. The van der Waals surface area contributed by atoms with Gasteiger partial charge in [-0.05, 0) is 56.1 Å². The number of carbonyl (C=O) groups excluding carboxylic acids is 2. The van der Waals surface area contributed by atoms with Crippen molar-refractivity contribution < 1.29 is 19.4 Å². The average molecular weight is 555 g/mol. The Morgan fingerprint density at radius 2 is 1.79 bits per heavy atom. The molecule has 2 heterocycles. The van der Waals surface area contributed by atoms with Crippen LogP contribution in [-0.2, 0) is 6.54 Å². The summed E-state index contributed by atoms with van der Waals surface area (Å²) in [6, 6.07) is 16.2. The van der Waals surface area contributed by atoms with Crippen LogP contribution in [0.3, 0.4) is 0 Å². The fourth-order valence-electron chi connectivity index (χ4n) is 3.83. The van der Waals surface area contributed by atoms with E-state index >= 15 is 0 Å². The summed E-state index contributed by atoms with van der Waals surface area (Å²) >= 11 is 5.73. The van der Waals surface area contributed by atoms with Gasteiger partial charge in [-0.15, -0.1) is 0 Å². The van der Waals surface area contributed by atoms with Crippen LogP contribution >= 0.6 is 11.6 Å². The molecule has 1 atom stereocenters. The summed E-state index contributed by atoms with van der Waals surface area (Å²) in [6.45, 7) is 8.01. The van der Waals surface area contributed by atoms with Crippen LogP contribution in [0.25, 0.3) is 0 Å². The number of hydrogen-bond donors (Lipinski definition) is 2. The van der Waals surface area contributed by atoms with Gasteiger partial charge in [-0.2, -0.15) is 0 Å². The molecule has 0 spiro atoms. The molecule has 0 radical (unpaired) electrons. The van der Waals surface area contributed by atoms with Crippen molar-refractivity contribution in [1.82, 2.24) is 14.8 Å². The topological polar surface area (TPSA) is 95.0 Å². The minimum Gasteiger partial charge on any atom is -0.490 e. The molecule has 0 bridgehead atoms. The molecule has 39 heavy (non-hydrogen) atoms. The SMILES string of the molecule is CC.CC1COc2c(NC(=O)c3ccncc3)cccc2C(=O)N(CCO)C1.CN(C)Cc1ccc(Cl)cc1. The third-order valence-corrected chi connectivity index (χ3v) is 5.80. The number of anilines is 1. The first-order chi connectivity index (χ1) is 18.8. The summed E-state index contributed by atoms with van der Waals surface area (Å²) in [7, 11) is 4.10. The average Bonchev–Trinajstić information content (AvgIpc) is 2.94. The van der Waals surface area contributed by atoms with Crippen LogP contribution in [0, 0.1) is 5.92 Å². The Morgan fingerprint density at radius 3 is 2.41 bits per heavy atom. The van der Waals surface area contributed by atoms with E-state index in [9.17, 15) is 14.7 Å². The molecule has 2 amide bonds. The quantitative estimate of drug-likeness (QED) is 0.433. The molecule has 8 nitrogen and oxygen atoms in total. The lowest BCUT2D eigenvalue weighted by atomic mass is 10.1. The largest absolute Gasteiger partial charge is 0.490 e. The molecule has 4 rings (SSSR count). The molecule has 1 aliphatic heterocycles. The number of pyridine rings is 1. The maximum atomic E-state index is 12.8. The molecule has 0 saturated heterocycles. The second-order valence-corrected chi connectivity index (χ2v) is 9.56. The molecule has 9 heteroatoms. The maximum Gasteiger partial charge on any atom is 0.257 e. The molecule has 2 aromatic carbocycles. The Balaban J connectivity index is 0.000000343. The van der Waals surface area contributed by atoms with Crippen LogP contribution < -0.4 is 10.1 Å². The maximum absolute atomic E-state index is 12.8. The number of amides is 2. The van der Waals surface area contributed by atoms with Crippen molar-refractivity contribution in [3.63, 3.8) is 0 Å². The van der Waals surface area contributed by atoms with Gasteiger partial charge in [0.1, 0.15) is 0 Å². The van der Waals surface area contributed by atoms with Gasteiger partial charge in [0.05, 0.1) is 24.5 Å². The number of aromatic nitrogens is 1. The molecule has 3 aromatic rings. The zero-order valence-electron chi connectivity index (χ0n) is 23.4. The lowest BCUT2D eigenvalue weighted by molar-refractivity contribution is 0.0645. The van der Waals surface area contributed by atoms with Crippen LogP contribution in [0.4, 0.5) is 5.69 Å². The van der Waals surface area contributed by atoms with Gasteiger partial charge in [-0.25, -0.2) is 0 Å². The second kappa shape index (κ2) is 16.5. The zero-order chi connectivity index (χ0) is 28.8. The number of benzene rings is 2. The number of aliphatic hydroxyl groups is 1. The highest BCUT2D eigenvalue weighted by Gasteiger charge is 2.27. The first kappa shape index (κ1) is 31.8. The van der Waals surface area contributed by atoms with Crippen molar-refractivity contribution in [3.8, 4) is 5.75 Å². The highest BCUT2D eigenvalue weighted by atomic mass is 35.5. The van der Waals surface area contributed by atoms with E-state index in [2.05, 4.69) is 29.3 Å². The normalized spacial score (nSPS) is 14.4. The van der Waals surface area contributed by atoms with Gasteiger partial charge in [0.25, 0.3) is 11.8 Å². The predicted molar refractivity (Wildman–Crippen MR) is 156 cm³/mol. The summed E-state index contributed by atoms with van der Waals surface area (Å²) < 4.78 is 5.87. The lowest BCUT2D eigenvalue weighted by Crippen LogP contribution is -2.40. The predicted octanol–water partition coefficient (Wildman–Crippen LogP) is 5.22. The minimum atomic E-state index is -0.306. The summed E-state index contributed by atoms with van der Waals surface area (Å²) in [5, 5.41) is 12.8. The van der Waals surface area contributed by atoms with E-state index in [1.807, 2.05) is 45.0 Å². The number of carbonyl (C=O) groups is 2. The van der Waals surface area contributed by atoms with Crippen molar-refractivity contribution in [3.05, 3.63) is 88.7 Å². The van der Waals surface area contributed by atoms with Crippen molar-refractivity contribution in [1.29, 1.82) is 0 Å². The van der Waals surface area contributed by atoms with Gasteiger partial charge < -0.3 is 25.0 Å². The molecule has 2 N–H and O–H groups in total. The van der Waals surface area contributed by atoms with Crippen molar-refractivity contribution in [2.45, 2.75) is 27.3 Å². The van der Waals surface area contributed by atoms with Gasteiger partial charge in [0.15, 0.2) is 5.75 Å². The summed E-state index contributed by atoms with van der Waals surface area (Å²) in [5.41, 5.74) is 2.57. The number of β-amino-alcohol motifs (C(OH)–C–C–N with tert-alkyl or cyclic N) is 1. The first-order valence-corrected chi connectivity index (χ1v) is 13.4. The smallest absolute Gasteiger partial charge is 0.257 e. The van der Waals surface area contributed by atoms with E-state index in [0.29, 0.717) is 35.7 Å². The van der Waals surface area contributed by atoms with Crippen molar-refractivity contribution >= 4 is 29.1 Å². The lowest BCUT2D eigenvalue weighted by Gasteiger charge is -2.30. The molecule has 0 fully saturated rings. The number of halogens is 1. The molecule has 1 unspecified atom stereocenters. The van der Waals surface area contributed by atoms with Crippen LogP contribution in [-0.4, -0.2) is 72.1 Å². The number of para-hydroxylation sites is 1. The van der Waals surface area contributed by atoms with Gasteiger partial charge in [0.2, 0.25) is 0 Å². The number of ether oxygens (including phenoxy) is 1. The fraction of sp³-hybridized carbons (Fsp3) is 0.367. The fourth-order valence-corrected chi connectivity index (χ4v) is 3.96. The summed E-state index contributed by atoms with van der Waals surface area (Å²) in [4.78, 5) is 32.9. The number of rotatable bonds is 6. The van der Waals surface area contributed by atoms with E-state index in [0.717, 1.165) is 11.6 Å². The van der Waals surface area contributed by atoms with E-state index in [4.69, 9.17) is 16.3 Å². The van der Waals surface area contributed by atoms with Crippen molar-refractivity contribution in [2.24, 2.45) is 5.92 Å². The molecule has 210 valence electrons. The molecule has 0 aliphatic carbocycles. The number of fused-ring (bicyclic) bond motifs is 1. The van der Waals surface area contributed by atoms with Crippen LogP contribution in [0.1, 0.15) is 47.1 Å². The number of aliphatic hydroxyl groups excluding tert-OH is 1. The highest BCUT2D eigenvalue weighted by Crippen LogP contribution is 2.32. The van der Waals surface area contributed by atoms with Gasteiger partial charge >= 0.3 is 0 Å². The zero-order valence-corrected chi connectivity index (χ0v) is 24.1. The van der Waals surface area contributed by atoms with Crippen LogP contribution in [0.5, 0.6) is 5.75 Å². The standard InChI is InChI=1S/C19H21N3O4.C9H12ClN.C2H6/c1-13-11-22(9-10-23)19(25)15-3-2-4-16(17(15)26-12-13)21-18(24)14-5-7-20-8-6-14;1-11(2)7-8-3-5-9(10)6-4-8;1-2/h2-8,13,23H,9-12H2,1H3,(H,21,24);3-6H,7H2,1-2H3;1-2H3. The Morgan fingerprint density at radius 1 is 1.13 bits per heavy atom. The Labute approximate surface area is 236 Å². The number of nitrogens with zero attached hydrogens (tertiary/aromatic N) is 3. The third kappa shape index (κ3) is 9.98. The van der Waals surface area contributed by atoms with E-state index in [1.165, 1.54) is 5.56 Å². The highest BCUT2D eigenvalue weighted by molar-refractivity contribution is 6.30. The molecule has 1 aromatic heterocycles. The van der Waals surface area contributed by atoms with Gasteiger partial charge in [-0.1, -0.05) is 50.6 Å². The summed E-state index contributed by atoms with van der Waals surface area (Å²) in [5.74, 6) is -0.0724. The molecular formula is C30H39ClN4O4. The van der Waals surface area contributed by atoms with Gasteiger partial charge in [0, 0.05) is 48.5 Å². The second-order valence-electron chi connectivity index (χ2n) is 9.13. The van der Waals surface area contributed by atoms with Crippen LogP contribution in [0.15, 0.2) is 67.0 Å².